The predicted octanol–water partition coefficient (Wildman–Crippen LogP) is 3.41. The highest BCUT2D eigenvalue weighted by molar-refractivity contribution is 7.89. The van der Waals surface area contributed by atoms with Gasteiger partial charge in [0.2, 0.25) is 15.9 Å². The molecule has 0 aromatic heterocycles. The van der Waals surface area contributed by atoms with E-state index in [-0.39, 0.29) is 17.0 Å². The third kappa shape index (κ3) is 4.51. The molecule has 1 atom stereocenters. The van der Waals surface area contributed by atoms with E-state index < -0.39 is 27.8 Å². The van der Waals surface area contributed by atoms with E-state index in [1.165, 1.54) is 41.7 Å². The molecule has 1 N–H and O–H groups in total. The van der Waals surface area contributed by atoms with E-state index in [1.807, 2.05) is 0 Å². The van der Waals surface area contributed by atoms with Crippen molar-refractivity contribution in [2.24, 2.45) is 0 Å². The van der Waals surface area contributed by atoms with Gasteiger partial charge in [0, 0.05) is 19.0 Å². The smallest absolute Gasteiger partial charge is 0.243 e. The molecule has 8 heteroatoms. The van der Waals surface area contributed by atoms with Crippen molar-refractivity contribution >= 4 is 21.6 Å². The minimum Gasteiger partial charge on any atom is -0.497 e. The Morgan fingerprint density at radius 3 is 2.57 bits per heavy atom. The number of halogens is 1. The molecule has 3 rings (SSSR count). The van der Waals surface area contributed by atoms with Crippen molar-refractivity contribution < 1.29 is 22.3 Å². The summed E-state index contributed by atoms with van der Waals surface area (Å²) in [6.45, 7) is 0.353. The summed E-state index contributed by atoms with van der Waals surface area (Å²) in [5.74, 6) is -0.368. The van der Waals surface area contributed by atoms with Gasteiger partial charge in [0.05, 0.1) is 17.7 Å². The number of hydrogen-bond donors (Lipinski definition) is 1. The molecule has 1 heterocycles. The molecule has 0 unspecified atom stereocenters. The number of methoxy groups -OCH3 is 1. The first-order valence-electron chi connectivity index (χ1n) is 9.12. The van der Waals surface area contributed by atoms with Crippen LogP contribution in [0.25, 0.3) is 0 Å². The van der Waals surface area contributed by atoms with Crippen LogP contribution in [0.15, 0.2) is 53.4 Å². The van der Waals surface area contributed by atoms with Gasteiger partial charge in [0.15, 0.2) is 0 Å². The van der Waals surface area contributed by atoms with Gasteiger partial charge >= 0.3 is 0 Å². The van der Waals surface area contributed by atoms with Crippen molar-refractivity contribution in [1.82, 2.24) is 4.31 Å². The second-order valence-corrected chi connectivity index (χ2v) is 8.56. The standard InChI is InChI=1S/C20H23FN2O4S/c1-27-16-9-11-17(12-10-16)28(25,26)23-13-5-4-6-15(23)14-20(24)22-19-8-3-2-7-18(19)21/h2-3,7-12,15H,4-6,13-14H2,1H3,(H,22,24)/t15-/m1/s1. The van der Waals surface area contributed by atoms with E-state index in [0.717, 1.165) is 12.8 Å². The number of amides is 1. The minimum atomic E-state index is -3.74. The van der Waals surface area contributed by atoms with Crippen molar-refractivity contribution in [3.63, 3.8) is 0 Å². The van der Waals surface area contributed by atoms with E-state index >= 15 is 0 Å². The number of hydrogen-bond acceptors (Lipinski definition) is 4. The highest BCUT2D eigenvalue weighted by atomic mass is 32.2. The van der Waals surface area contributed by atoms with Gasteiger partial charge in [-0.3, -0.25) is 4.79 Å². The van der Waals surface area contributed by atoms with Gasteiger partial charge in [-0.2, -0.15) is 4.31 Å². The molecule has 0 saturated carbocycles. The molecule has 6 nitrogen and oxygen atoms in total. The molecule has 1 saturated heterocycles. The van der Waals surface area contributed by atoms with Crippen molar-refractivity contribution in [2.45, 2.75) is 36.6 Å². The Labute approximate surface area is 164 Å². The maximum atomic E-state index is 13.7. The number of ether oxygens (including phenoxy) is 1. The third-order valence-corrected chi connectivity index (χ3v) is 6.77. The number of sulfonamides is 1. The molecule has 0 spiro atoms. The van der Waals surface area contributed by atoms with Crippen LogP contribution in [0.3, 0.4) is 0 Å². The molecule has 1 amide bonds. The second kappa shape index (κ2) is 8.70. The van der Waals surface area contributed by atoms with Crippen molar-refractivity contribution in [3.05, 3.63) is 54.3 Å². The number of rotatable bonds is 6. The molecular formula is C20H23FN2O4S. The van der Waals surface area contributed by atoms with Crippen molar-refractivity contribution in [1.29, 1.82) is 0 Å². The average Bonchev–Trinajstić information content (AvgIpc) is 2.70. The monoisotopic (exact) mass is 406 g/mol. The zero-order chi connectivity index (χ0) is 20.1. The molecule has 0 aliphatic carbocycles. The Bertz CT molecular complexity index is 931. The van der Waals surface area contributed by atoms with Gasteiger partial charge in [-0.05, 0) is 49.2 Å². The molecule has 28 heavy (non-hydrogen) atoms. The van der Waals surface area contributed by atoms with E-state index in [0.29, 0.717) is 18.7 Å². The lowest BCUT2D eigenvalue weighted by Crippen LogP contribution is -2.45. The van der Waals surface area contributed by atoms with E-state index in [2.05, 4.69) is 5.32 Å². The van der Waals surface area contributed by atoms with Crippen LogP contribution in [-0.4, -0.2) is 38.3 Å². The van der Waals surface area contributed by atoms with E-state index in [1.54, 1.807) is 18.2 Å². The SMILES string of the molecule is COc1ccc(S(=O)(=O)N2CCCC[C@@H]2CC(=O)Nc2ccccc2F)cc1. The minimum absolute atomic E-state index is 0.0241. The number of nitrogens with one attached hydrogen (secondary N) is 1. The predicted molar refractivity (Wildman–Crippen MR) is 104 cm³/mol. The molecule has 2 aromatic carbocycles. The number of anilines is 1. The maximum Gasteiger partial charge on any atom is 0.243 e. The van der Waals surface area contributed by atoms with Gasteiger partial charge in [-0.15, -0.1) is 0 Å². The van der Waals surface area contributed by atoms with Gasteiger partial charge in [-0.1, -0.05) is 18.6 Å². The summed E-state index contributed by atoms with van der Waals surface area (Å²) >= 11 is 0. The molecule has 1 aliphatic heterocycles. The van der Waals surface area contributed by atoms with Gasteiger partial charge < -0.3 is 10.1 Å². The number of piperidine rings is 1. The molecular weight excluding hydrogens is 383 g/mol. The summed E-state index contributed by atoms with van der Waals surface area (Å²) in [4.78, 5) is 12.6. The molecule has 0 bridgehead atoms. The van der Waals surface area contributed by atoms with Crippen LogP contribution in [0.2, 0.25) is 0 Å². The molecule has 1 fully saturated rings. The number of benzene rings is 2. The van der Waals surface area contributed by atoms with Gasteiger partial charge in [-0.25, -0.2) is 12.8 Å². The highest BCUT2D eigenvalue weighted by Gasteiger charge is 2.34. The summed E-state index contributed by atoms with van der Waals surface area (Å²) < 4.78 is 46.4. The Morgan fingerprint density at radius 2 is 1.89 bits per heavy atom. The molecule has 1 aliphatic rings. The summed E-state index contributed by atoms with van der Waals surface area (Å²) in [5, 5.41) is 2.53. The summed E-state index contributed by atoms with van der Waals surface area (Å²) in [6.07, 6.45) is 2.14. The number of carbonyl (C=O) groups is 1. The Balaban J connectivity index is 1.75. The van der Waals surface area contributed by atoms with Crippen LogP contribution in [0.1, 0.15) is 25.7 Å². The van der Waals surface area contributed by atoms with Crippen LogP contribution in [-0.2, 0) is 14.8 Å². The average molecular weight is 406 g/mol. The Kier molecular flexibility index (Phi) is 6.31. The maximum absolute atomic E-state index is 13.7. The van der Waals surface area contributed by atoms with Crippen LogP contribution < -0.4 is 10.1 Å². The van der Waals surface area contributed by atoms with Crippen molar-refractivity contribution in [3.8, 4) is 5.75 Å². The number of nitrogens with zero attached hydrogens (tertiary/aromatic N) is 1. The Morgan fingerprint density at radius 1 is 1.18 bits per heavy atom. The van der Waals surface area contributed by atoms with Crippen molar-refractivity contribution in [2.75, 3.05) is 19.0 Å². The van der Waals surface area contributed by atoms with Crippen LogP contribution in [0, 0.1) is 5.82 Å². The third-order valence-electron chi connectivity index (χ3n) is 4.81. The summed E-state index contributed by atoms with van der Waals surface area (Å²) in [6, 6.07) is 11.6. The lowest BCUT2D eigenvalue weighted by molar-refractivity contribution is -0.117. The zero-order valence-corrected chi connectivity index (χ0v) is 16.4. The first kappa shape index (κ1) is 20.3. The second-order valence-electron chi connectivity index (χ2n) is 6.67. The molecule has 2 aromatic rings. The Hall–Kier alpha value is -2.45. The fourth-order valence-electron chi connectivity index (χ4n) is 3.36. The first-order valence-corrected chi connectivity index (χ1v) is 10.6. The lowest BCUT2D eigenvalue weighted by Gasteiger charge is -2.34. The normalized spacial score (nSPS) is 17.9. The fraction of sp³-hybridized carbons (Fsp3) is 0.350. The van der Waals surface area contributed by atoms with Gasteiger partial charge in [0.1, 0.15) is 11.6 Å². The molecule has 0 radical (unpaired) electrons. The quantitative estimate of drug-likeness (QED) is 0.798. The van der Waals surface area contributed by atoms with Crippen LogP contribution >= 0.6 is 0 Å². The lowest BCUT2D eigenvalue weighted by atomic mass is 10.0. The highest BCUT2D eigenvalue weighted by Crippen LogP contribution is 2.28. The number of para-hydroxylation sites is 1. The first-order chi connectivity index (χ1) is 13.4. The zero-order valence-electron chi connectivity index (χ0n) is 15.6. The summed E-state index contributed by atoms with van der Waals surface area (Å²) in [7, 11) is -2.23. The largest absolute Gasteiger partial charge is 0.497 e. The molecule has 150 valence electrons. The van der Waals surface area contributed by atoms with Gasteiger partial charge in [0.25, 0.3) is 0 Å². The number of carbonyl (C=O) groups excluding carboxylic acids is 1. The topological polar surface area (TPSA) is 75.7 Å². The van der Waals surface area contributed by atoms with E-state index in [9.17, 15) is 17.6 Å². The van der Waals surface area contributed by atoms with E-state index in [4.69, 9.17) is 4.74 Å². The van der Waals surface area contributed by atoms with Crippen LogP contribution in [0.5, 0.6) is 5.75 Å². The summed E-state index contributed by atoms with van der Waals surface area (Å²) in [5.41, 5.74) is 0.0906. The van der Waals surface area contributed by atoms with Crippen LogP contribution in [0.4, 0.5) is 10.1 Å². The fourth-order valence-corrected chi connectivity index (χ4v) is 5.05.